The van der Waals surface area contributed by atoms with Gasteiger partial charge in [-0.2, -0.15) is 0 Å². The first-order chi connectivity index (χ1) is 16.7. The molecule has 34 heavy (non-hydrogen) atoms. The van der Waals surface area contributed by atoms with Crippen LogP contribution < -0.4 is 5.32 Å². The van der Waals surface area contributed by atoms with Gasteiger partial charge >= 0.3 is 0 Å². The van der Waals surface area contributed by atoms with Gasteiger partial charge in [-0.25, -0.2) is 0 Å². The van der Waals surface area contributed by atoms with E-state index in [9.17, 15) is 9.59 Å². The highest BCUT2D eigenvalue weighted by Crippen LogP contribution is 2.24. The summed E-state index contributed by atoms with van der Waals surface area (Å²) in [5, 5.41) is 6.00. The molecule has 1 aliphatic rings. The monoisotopic (exact) mass is 471 g/mol. The average molecular weight is 472 g/mol. The number of nitrogens with zero attached hydrogens (tertiary/aromatic N) is 1. The molecule has 2 aromatic carbocycles. The minimum atomic E-state index is -0.598. The zero-order valence-electron chi connectivity index (χ0n) is 19.1. The molecule has 2 amide bonds. The highest BCUT2D eigenvalue weighted by molar-refractivity contribution is 7.12. The number of nitrogens with one attached hydrogen (secondary N) is 2. The topological polar surface area (TPSA) is 65.2 Å². The molecule has 1 saturated heterocycles. The number of amides is 2. The summed E-state index contributed by atoms with van der Waals surface area (Å²) in [6.45, 7) is 1.46. The molecule has 0 radical (unpaired) electrons. The van der Waals surface area contributed by atoms with Gasteiger partial charge in [0, 0.05) is 36.6 Å². The Bertz CT molecular complexity index is 1240. The molecule has 4 aromatic rings. The summed E-state index contributed by atoms with van der Waals surface area (Å²) in [5.41, 5.74) is 3.43. The lowest BCUT2D eigenvalue weighted by atomic mass is 9.90. The average Bonchev–Trinajstić information content (AvgIpc) is 3.55. The lowest BCUT2D eigenvalue weighted by Crippen LogP contribution is -2.51. The first-order valence-electron chi connectivity index (χ1n) is 11.9. The fourth-order valence-electron chi connectivity index (χ4n) is 4.88. The third-order valence-electron chi connectivity index (χ3n) is 6.74. The third kappa shape index (κ3) is 5.07. The zero-order valence-corrected chi connectivity index (χ0v) is 19.9. The number of carbonyl (C=O) groups excluding carboxylic acids is 2. The van der Waals surface area contributed by atoms with Crippen LogP contribution in [0.5, 0.6) is 0 Å². The summed E-state index contributed by atoms with van der Waals surface area (Å²) < 4.78 is 0. The minimum absolute atomic E-state index is 0.00773. The van der Waals surface area contributed by atoms with Crippen molar-refractivity contribution < 1.29 is 9.59 Å². The minimum Gasteiger partial charge on any atom is -0.361 e. The molecule has 5 nitrogen and oxygen atoms in total. The van der Waals surface area contributed by atoms with Crippen molar-refractivity contribution in [1.29, 1.82) is 0 Å². The Kier molecular flexibility index (Phi) is 6.77. The molecular weight excluding hydrogens is 442 g/mol. The van der Waals surface area contributed by atoms with E-state index in [1.165, 1.54) is 16.9 Å². The molecule has 1 aliphatic heterocycles. The van der Waals surface area contributed by atoms with E-state index in [0.717, 1.165) is 48.8 Å². The van der Waals surface area contributed by atoms with Crippen molar-refractivity contribution in [2.24, 2.45) is 5.92 Å². The summed E-state index contributed by atoms with van der Waals surface area (Å²) in [6.07, 6.45) is 5.44. The number of aromatic amines is 1. The first kappa shape index (κ1) is 22.4. The van der Waals surface area contributed by atoms with Crippen LogP contribution in [0.25, 0.3) is 10.9 Å². The van der Waals surface area contributed by atoms with Crippen molar-refractivity contribution in [2.75, 3.05) is 13.1 Å². The largest absolute Gasteiger partial charge is 0.361 e. The Labute approximate surface area is 203 Å². The molecule has 0 spiro atoms. The van der Waals surface area contributed by atoms with E-state index >= 15 is 0 Å². The predicted molar refractivity (Wildman–Crippen MR) is 137 cm³/mol. The van der Waals surface area contributed by atoms with Crippen molar-refractivity contribution in [3.05, 3.63) is 94.3 Å². The molecule has 5 rings (SSSR count). The van der Waals surface area contributed by atoms with Gasteiger partial charge in [0.25, 0.3) is 5.91 Å². The Morgan fingerprint density at radius 1 is 1.00 bits per heavy atom. The van der Waals surface area contributed by atoms with Crippen LogP contribution in [0.1, 0.15) is 33.6 Å². The van der Waals surface area contributed by atoms with Gasteiger partial charge in [0.2, 0.25) is 5.91 Å². The fourth-order valence-corrected chi connectivity index (χ4v) is 5.51. The van der Waals surface area contributed by atoms with Crippen LogP contribution >= 0.6 is 11.3 Å². The van der Waals surface area contributed by atoms with Crippen molar-refractivity contribution in [3.8, 4) is 0 Å². The maximum absolute atomic E-state index is 13.6. The van der Waals surface area contributed by atoms with Crippen LogP contribution in [0.2, 0.25) is 0 Å². The highest BCUT2D eigenvalue weighted by atomic mass is 32.1. The van der Waals surface area contributed by atoms with Crippen LogP contribution in [0.3, 0.4) is 0 Å². The van der Waals surface area contributed by atoms with Crippen LogP contribution in [0.15, 0.2) is 78.3 Å². The lowest BCUT2D eigenvalue weighted by molar-refractivity contribution is -0.134. The van der Waals surface area contributed by atoms with Gasteiger partial charge < -0.3 is 15.2 Å². The summed E-state index contributed by atoms with van der Waals surface area (Å²) in [7, 11) is 0. The second kappa shape index (κ2) is 10.3. The van der Waals surface area contributed by atoms with E-state index in [2.05, 4.69) is 40.6 Å². The number of rotatable bonds is 7. The van der Waals surface area contributed by atoms with Crippen molar-refractivity contribution in [1.82, 2.24) is 15.2 Å². The maximum atomic E-state index is 13.6. The number of benzene rings is 2. The number of aromatic nitrogens is 1. The number of carbonyl (C=O) groups is 2. The van der Waals surface area contributed by atoms with Crippen LogP contribution in [-0.2, 0) is 17.6 Å². The Hall–Kier alpha value is -3.38. The molecule has 1 fully saturated rings. The third-order valence-corrected chi connectivity index (χ3v) is 7.61. The van der Waals surface area contributed by atoms with Gasteiger partial charge in [-0.15, -0.1) is 11.3 Å². The summed E-state index contributed by atoms with van der Waals surface area (Å²) in [6, 6.07) is 21.7. The number of piperidine rings is 1. The summed E-state index contributed by atoms with van der Waals surface area (Å²) >= 11 is 1.39. The number of thiophene rings is 1. The molecule has 1 atom stereocenters. The number of likely N-dealkylation sites (tertiary alicyclic amines) is 1. The molecule has 0 bridgehead atoms. The quantitative estimate of drug-likeness (QED) is 0.396. The molecule has 2 N–H and O–H groups in total. The second-order valence-corrected chi connectivity index (χ2v) is 9.97. The van der Waals surface area contributed by atoms with E-state index in [-0.39, 0.29) is 11.8 Å². The summed E-state index contributed by atoms with van der Waals surface area (Å²) in [5.74, 6) is 0.403. The number of para-hydroxylation sites is 1. The van der Waals surface area contributed by atoms with Gasteiger partial charge in [-0.1, -0.05) is 54.6 Å². The predicted octanol–water partition coefficient (Wildman–Crippen LogP) is 5.05. The fraction of sp³-hybridized carbons (Fsp3) is 0.286. The van der Waals surface area contributed by atoms with Crippen LogP contribution in [-0.4, -0.2) is 40.8 Å². The van der Waals surface area contributed by atoms with Crippen molar-refractivity contribution >= 4 is 34.1 Å². The van der Waals surface area contributed by atoms with Gasteiger partial charge in [-0.3, -0.25) is 9.59 Å². The van der Waals surface area contributed by atoms with E-state index in [4.69, 9.17) is 0 Å². The zero-order chi connectivity index (χ0) is 23.3. The lowest BCUT2D eigenvalue weighted by Gasteiger charge is -2.34. The second-order valence-electron chi connectivity index (χ2n) is 9.03. The molecular formula is C28H29N3O2S. The molecule has 0 unspecified atom stereocenters. The Balaban J connectivity index is 1.29. The molecule has 3 heterocycles. The number of hydrogen-bond donors (Lipinski definition) is 2. The normalized spacial score (nSPS) is 15.4. The van der Waals surface area contributed by atoms with E-state index in [1.807, 2.05) is 46.8 Å². The van der Waals surface area contributed by atoms with Crippen molar-refractivity contribution in [2.45, 2.75) is 31.7 Å². The van der Waals surface area contributed by atoms with E-state index in [1.54, 1.807) is 6.07 Å². The molecule has 2 aromatic heterocycles. The van der Waals surface area contributed by atoms with Crippen LogP contribution in [0, 0.1) is 5.92 Å². The number of hydrogen-bond acceptors (Lipinski definition) is 3. The SMILES string of the molecule is O=C(N[C@H](Cc1c[nH]c2ccccc12)C(=O)N1CCC(Cc2ccccc2)CC1)c1cccs1. The number of H-pyrrole nitrogens is 1. The standard InChI is InChI=1S/C28H29N3O2S/c32-27(26-11-6-16-34-26)30-25(18-22-19-29-24-10-5-4-9-23(22)24)28(33)31-14-12-21(13-15-31)17-20-7-2-1-3-8-20/h1-11,16,19,21,25,29H,12-15,17-18H2,(H,30,32)/t25-/m1/s1. The van der Waals surface area contributed by atoms with Crippen molar-refractivity contribution in [3.63, 3.8) is 0 Å². The number of fused-ring (bicyclic) bond motifs is 1. The van der Waals surface area contributed by atoms with E-state index in [0.29, 0.717) is 17.2 Å². The molecule has 174 valence electrons. The van der Waals surface area contributed by atoms with Gasteiger partial charge in [-0.05, 0) is 53.8 Å². The molecule has 6 heteroatoms. The smallest absolute Gasteiger partial charge is 0.262 e. The summed E-state index contributed by atoms with van der Waals surface area (Å²) in [4.78, 5) is 32.4. The van der Waals surface area contributed by atoms with Gasteiger partial charge in [0.1, 0.15) is 6.04 Å². The molecule has 0 saturated carbocycles. The van der Waals surface area contributed by atoms with Crippen LogP contribution in [0.4, 0.5) is 0 Å². The Morgan fingerprint density at radius 2 is 1.76 bits per heavy atom. The highest BCUT2D eigenvalue weighted by Gasteiger charge is 2.30. The van der Waals surface area contributed by atoms with Gasteiger partial charge in [0.15, 0.2) is 0 Å². The van der Waals surface area contributed by atoms with Gasteiger partial charge in [0.05, 0.1) is 4.88 Å². The first-order valence-corrected chi connectivity index (χ1v) is 12.8. The molecule has 0 aliphatic carbocycles. The maximum Gasteiger partial charge on any atom is 0.262 e. The Morgan fingerprint density at radius 3 is 2.53 bits per heavy atom. The van der Waals surface area contributed by atoms with E-state index < -0.39 is 6.04 Å².